The Bertz CT molecular complexity index is 846. The van der Waals surface area contributed by atoms with Crippen molar-refractivity contribution >= 4 is 17.5 Å². The standard InChI is InChI=1S/C21H28N4O3/c1-13(2)19-9-18(23-14(3)26)10-20(28-19)15-6-5-7-17(8-15)24-21(27)16-11-22-25(4)12-16/h5-8,11-13,18-20H,9-10H2,1-4H3,(H,23,26)(H,24,27)/t18-,19-,20+/m1/s1. The summed E-state index contributed by atoms with van der Waals surface area (Å²) in [6.07, 6.45) is 4.68. The fraction of sp³-hybridized carbons (Fsp3) is 0.476. The molecule has 2 aromatic rings. The second-order valence-electron chi connectivity index (χ2n) is 7.76. The summed E-state index contributed by atoms with van der Waals surface area (Å²) in [6, 6.07) is 7.78. The molecule has 1 aromatic carbocycles. The Morgan fingerprint density at radius 2 is 2.07 bits per heavy atom. The van der Waals surface area contributed by atoms with Crippen LogP contribution in [0.25, 0.3) is 0 Å². The van der Waals surface area contributed by atoms with Crippen LogP contribution in [0.4, 0.5) is 5.69 Å². The molecule has 28 heavy (non-hydrogen) atoms. The molecular weight excluding hydrogens is 356 g/mol. The number of benzene rings is 1. The Kier molecular flexibility index (Phi) is 6.14. The van der Waals surface area contributed by atoms with Gasteiger partial charge in [0.25, 0.3) is 5.91 Å². The minimum absolute atomic E-state index is 0.0226. The molecule has 1 aliphatic heterocycles. The van der Waals surface area contributed by atoms with Crippen LogP contribution in [0.15, 0.2) is 36.7 Å². The molecule has 0 bridgehead atoms. The van der Waals surface area contributed by atoms with Gasteiger partial charge in [0.2, 0.25) is 5.91 Å². The van der Waals surface area contributed by atoms with Crippen molar-refractivity contribution in [3.8, 4) is 0 Å². The van der Waals surface area contributed by atoms with E-state index in [0.717, 1.165) is 12.0 Å². The molecule has 1 fully saturated rings. The van der Waals surface area contributed by atoms with E-state index in [-0.39, 0.29) is 30.1 Å². The Morgan fingerprint density at radius 3 is 2.71 bits per heavy atom. The van der Waals surface area contributed by atoms with Gasteiger partial charge in [-0.2, -0.15) is 5.10 Å². The quantitative estimate of drug-likeness (QED) is 0.830. The van der Waals surface area contributed by atoms with E-state index in [1.165, 1.54) is 6.20 Å². The second kappa shape index (κ2) is 8.56. The SMILES string of the molecule is CC(=O)N[C@H]1C[C@@H](c2cccc(NC(=O)c3cnn(C)c3)c2)O[C@@H](C(C)C)C1. The first-order valence-electron chi connectivity index (χ1n) is 9.64. The number of ether oxygens (including phenoxy) is 1. The van der Waals surface area contributed by atoms with Crippen molar-refractivity contribution in [1.82, 2.24) is 15.1 Å². The predicted octanol–water partition coefficient (Wildman–Crippen LogP) is 3.05. The third-order valence-electron chi connectivity index (χ3n) is 4.99. The summed E-state index contributed by atoms with van der Waals surface area (Å²) in [6.45, 7) is 5.80. The van der Waals surface area contributed by atoms with Crippen LogP contribution in [0.2, 0.25) is 0 Å². The lowest BCUT2D eigenvalue weighted by atomic mass is 9.89. The van der Waals surface area contributed by atoms with Gasteiger partial charge in [-0.25, -0.2) is 0 Å². The average Bonchev–Trinajstić information content (AvgIpc) is 3.07. The molecule has 2 amide bonds. The van der Waals surface area contributed by atoms with Crippen LogP contribution >= 0.6 is 0 Å². The van der Waals surface area contributed by atoms with Gasteiger partial charge in [-0.15, -0.1) is 0 Å². The van der Waals surface area contributed by atoms with Gasteiger partial charge in [0.1, 0.15) is 0 Å². The Balaban J connectivity index is 1.75. The number of anilines is 1. The van der Waals surface area contributed by atoms with E-state index in [1.807, 2.05) is 24.3 Å². The minimum Gasteiger partial charge on any atom is -0.370 e. The number of aromatic nitrogens is 2. The van der Waals surface area contributed by atoms with Crippen molar-refractivity contribution in [3.05, 3.63) is 47.8 Å². The molecule has 7 heteroatoms. The summed E-state index contributed by atoms with van der Waals surface area (Å²) in [5.41, 5.74) is 2.20. The highest BCUT2D eigenvalue weighted by molar-refractivity contribution is 6.03. The van der Waals surface area contributed by atoms with Crippen molar-refractivity contribution in [2.75, 3.05) is 5.32 Å². The van der Waals surface area contributed by atoms with E-state index in [9.17, 15) is 9.59 Å². The molecule has 1 aliphatic rings. The first-order chi connectivity index (χ1) is 13.3. The number of carbonyl (C=O) groups excluding carboxylic acids is 2. The largest absolute Gasteiger partial charge is 0.370 e. The van der Waals surface area contributed by atoms with Gasteiger partial charge < -0.3 is 15.4 Å². The van der Waals surface area contributed by atoms with Crippen molar-refractivity contribution in [1.29, 1.82) is 0 Å². The molecular formula is C21H28N4O3. The number of rotatable bonds is 5. The zero-order valence-electron chi connectivity index (χ0n) is 16.8. The summed E-state index contributed by atoms with van der Waals surface area (Å²) >= 11 is 0. The number of hydrogen-bond donors (Lipinski definition) is 2. The molecule has 150 valence electrons. The molecule has 3 atom stereocenters. The normalized spacial score (nSPS) is 22.1. The van der Waals surface area contributed by atoms with Crippen LogP contribution in [-0.2, 0) is 16.6 Å². The number of aryl methyl sites for hydroxylation is 1. The number of carbonyl (C=O) groups is 2. The minimum atomic E-state index is -0.203. The number of nitrogens with one attached hydrogen (secondary N) is 2. The summed E-state index contributed by atoms with van der Waals surface area (Å²) in [5, 5.41) is 9.98. The van der Waals surface area contributed by atoms with Gasteiger partial charge in [0.15, 0.2) is 0 Å². The van der Waals surface area contributed by atoms with Crippen LogP contribution in [-0.4, -0.2) is 33.7 Å². The molecule has 0 unspecified atom stereocenters. The van der Waals surface area contributed by atoms with E-state index in [1.54, 1.807) is 24.9 Å². The van der Waals surface area contributed by atoms with Crippen LogP contribution in [0.3, 0.4) is 0 Å². The van der Waals surface area contributed by atoms with Gasteiger partial charge in [-0.3, -0.25) is 14.3 Å². The van der Waals surface area contributed by atoms with Gasteiger partial charge in [-0.1, -0.05) is 26.0 Å². The topological polar surface area (TPSA) is 85.3 Å². The van der Waals surface area contributed by atoms with Crippen LogP contribution in [0.5, 0.6) is 0 Å². The van der Waals surface area contributed by atoms with Crippen molar-refractivity contribution < 1.29 is 14.3 Å². The van der Waals surface area contributed by atoms with Crippen LogP contribution in [0, 0.1) is 5.92 Å². The summed E-state index contributed by atoms with van der Waals surface area (Å²) in [5.74, 6) is 0.129. The molecule has 1 saturated heterocycles. The molecule has 2 heterocycles. The maximum Gasteiger partial charge on any atom is 0.258 e. The maximum absolute atomic E-state index is 12.4. The third kappa shape index (κ3) is 4.98. The van der Waals surface area contributed by atoms with E-state index in [4.69, 9.17) is 4.74 Å². The highest BCUT2D eigenvalue weighted by Gasteiger charge is 2.32. The Labute approximate surface area is 165 Å². The highest BCUT2D eigenvalue weighted by Crippen LogP contribution is 2.35. The molecule has 0 saturated carbocycles. The van der Waals surface area contributed by atoms with E-state index < -0.39 is 0 Å². The first-order valence-corrected chi connectivity index (χ1v) is 9.64. The van der Waals surface area contributed by atoms with Gasteiger partial charge >= 0.3 is 0 Å². The number of hydrogen-bond acceptors (Lipinski definition) is 4. The first kappa shape index (κ1) is 20.1. The number of amides is 2. The van der Waals surface area contributed by atoms with Crippen molar-refractivity contribution in [3.63, 3.8) is 0 Å². The fourth-order valence-corrected chi connectivity index (χ4v) is 3.56. The zero-order valence-corrected chi connectivity index (χ0v) is 16.8. The summed E-state index contributed by atoms with van der Waals surface area (Å²) < 4.78 is 7.91. The Hall–Kier alpha value is -2.67. The molecule has 0 radical (unpaired) electrons. The average molecular weight is 384 g/mol. The predicted molar refractivity (Wildman–Crippen MR) is 107 cm³/mol. The highest BCUT2D eigenvalue weighted by atomic mass is 16.5. The van der Waals surface area contributed by atoms with Crippen molar-refractivity contribution in [2.24, 2.45) is 13.0 Å². The molecule has 0 aliphatic carbocycles. The lowest BCUT2D eigenvalue weighted by Gasteiger charge is -2.38. The van der Waals surface area contributed by atoms with E-state index in [0.29, 0.717) is 23.6 Å². The van der Waals surface area contributed by atoms with Gasteiger partial charge in [0.05, 0.1) is 24.0 Å². The Morgan fingerprint density at radius 1 is 1.29 bits per heavy atom. The number of nitrogens with zero attached hydrogens (tertiary/aromatic N) is 2. The molecule has 2 N–H and O–H groups in total. The van der Waals surface area contributed by atoms with Crippen molar-refractivity contribution in [2.45, 2.75) is 51.9 Å². The van der Waals surface area contributed by atoms with Crippen LogP contribution in [0.1, 0.15) is 55.6 Å². The lowest BCUT2D eigenvalue weighted by Crippen LogP contribution is -2.43. The van der Waals surface area contributed by atoms with Gasteiger partial charge in [-0.05, 0) is 36.5 Å². The van der Waals surface area contributed by atoms with E-state index in [2.05, 4.69) is 29.6 Å². The van der Waals surface area contributed by atoms with Crippen LogP contribution < -0.4 is 10.6 Å². The zero-order chi connectivity index (χ0) is 20.3. The maximum atomic E-state index is 12.4. The summed E-state index contributed by atoms with van der Waals surface area (Å²) in [4.78, 5) is 23.9. The van der Waals surface area contributed by atoms with Gasteiger partial charge in [0, 0.05) is 31.9 Å². The monoisotopic (exact) mass is 384 g/mol. The van der Waals surface area contributed by atoms with E-state index >= 15 is 0 Å². The smallest absolute Gasteiger partial charge is 0.258 e. The summed E-state index contributed by atoms with van der Waals surface area (Å²) in [7, 11) is 1.77. The second-order valence-corrected chi connectivity index (χ2v) is 7.76. The molecule has 0 spiro atoms. The fourth-order valence-electron chi connectivity index (χ4n) is 3.56. The molecule has 7 nitrogen and oxygen atoms in total. The molecule has 1 aromatic heterocycles. The molecule has 3 rings (SSSR count). The third-order valence-corrected chi connectivity index (χ3v) is 4.99. The lowest BCUT2D eigenvalue weighted by molar-refractivity contribution is -0.123.